The van der Waals surface area contributed by atoms with Crippen LogP contribution < -0.4 is 10.9 Å². The largest absolute Gasteiger partial charge is 0.349 e. The molecule has 0 saturated heterocycles. The number of aryl methyl sites for hydroxylation is 1. The quantitative estimate of drug-likeness (QED) is 0.865. The minimum Gasteiger partial charge on any atom is -0.349 e. The predicted molar refractivity (Wildman–Crippen MR) is 99.9 cm³/mol. The van der Waals surface area contributed by atoms with E-state index >= 15 is 0 Å². The molecular formula is C21H26N2O2. The number of hydrogen-bond acceptors (Lipinski definition) is 2. The highest BCUT2D eigenvalue weighted by molar-refractivity contribution is 5.93. The van der Waals surface area contributed by atoms with Gasteiger partial charge in [0.1, 0.15) is 5.56 Å². The van der Waals surface area contributed by atoms with Crippen molar-refractivity contribution >= 4 is 5.91 Å². The number of carbonyl (C=O) groups excluding carboxylic acids is 1. The molecule has 1 aromatic heterocycles. The monoisotopic (exact) mass is 338 g/mol. The Morgan fingerprint density at radius 1 is 1.12 bits per heavy atom. The zero-order valence-corrected chi connectivity index (χ0v) is 14.8. The van der Waals surface area contributed by atoms with Crippen LogP contribution in [0.5, 0.6) is 0 Å². The molecule has 1 heterocycles. The van der Waals surface area contributed by atoms with Crippen molar-refractivity contribution in [1.29, 1.82) is 0 Å². The van der Waals surface area contributed by atoms with Gasteiger partial charge in [-0.2, -0.15) is 0 Å². The van der Waals surface area contributed by atoms with Crippen molar-refractivity contribution in [2.24, 2.45) is 0 Å². The van der Waals surface area contributed by atoms with E-state index in [1.54, 1.807) is 22.9 Å². The molecule has 3 rings (SSSR count). The van der Waals surface area contributed by atoms with Gasteiger partial charge in [-0.25, -0.2) is 0 Å². The lowest BCUT2D eigenvalue weighted by Crippen LogP contribution is -2.38. The van der Waals surface area contributed by atoms with Gasteiger partial charge in [0.05, 0.1) is 6.54 Å². The van der Waals surface area contributed by atoms with Crippen LogP contribution in [0.4, 0.5) is 0 Å². The zero-order chi connectivity index (χ0) is 17.6. The summed E-state index contributed by atoms with van der Waals surface area (Å²) in [5, 5.41) is 3.06. The van der Waals surface area contributed by atoms with Gasteiger partial charge in [0, 0.05) is 12.2 Å². The fourth-order valence-electron chi connectivity index (χ4n) is 3.53. The van der Waals surface area contributed by atoms with Gasteiger partial charge < -0.3 is 9.88 Å². The van der Waals surface area contributed by atoms with Crippen LogP contribution in [0.2, 0.25) is 0 Å². The molecule has 132 valence electrons. The first kappa shape index (κ1) is 17.5. The predicted octanol–water partition coefficient (Wildman–Crippen LogP) is 3.66. The molecule has 0 unspecified atom stereocenters. The van der Waals surface area contributed by atoms with Gasteiger partial charge in [0.25, 0.3) is 11.5 Å². The Hall–Kier alpha value is -2.36. The van der Waals surface area contributed by atoms with Crippen molar-refractivity contribution in [3.05, 3.63) is 69.6 Å². The van der Waals surface area contributed by atoms with E-state index in [0.29, 0.717) is 6.54 Å². The number of hydrogen-bond donors (Lipinski definition) is 1. The van der Waals surface area contributed by atoms with Crippen LogP contribution in [0, 0.1) is 6.92 Å². The smallest absolute Gasteiger partial charge is 0.263 e. The Morgan fingerprint density at radius 3 is 2.60 bits per heavy atom. The van der Waals surface area contributed by atoms with Crippen molar-refractivity contribution in [1.82, 2.24) is 9.88 Å². The molecule has 0 spiro atoms. The number of benzene rings is 1. The molecule has 0 atom stereocenters. The molecule has 0 radical (unpaired) electrons. The van der Waals surface area contributed by atoms with Gasteiger partial charge in [-0.3, -0.25) is 9.59 Å². The minimum absolute atomic E-state index is 0.194. The summed E-state index contributed by atoms with van der Waals surface area (Å²) < 4.78 is 1.61. The number of nitrogens with one attached hydrogen (secondary N) is 1. The maximum absolute atomic E-state index is 12.7. The van der Waals surface area contributed by atoms with Crippen LogP contribution >= 0.6 is 0 Å². The first-order valence-electron chi connectivity index (χ1n) is 9.19. The second-order valence-corrected chi connectivity index (χ2v) is 7.01. The molecule has 4 heteroatoms. The lowest BCUT2D eigenvalue weighted by molar-refractivity contribution is 0.0931. The summed E-state index contributed by atoms with van der Waals surface area (Å²) in [5.41, 5.74) is 2.23. The fraction of sp³-hybridized carbons (Fsp3) is 0.429. The van der Waals surface area contributed by atoms with E-state index in [1.165, 1.54) is 12.8 Å². The molecule has 2 aromatic rings. The maximum atomic E-state index is 12.7. The molecule has 4 nitrogen and oxygen atoms in total. The van der Waals surface area contributed by atoms with Crippen molar-refractivity contribution in [3.8, 4) is 0 Å². The van der Waals surface area contributed by atoms with Crippen molar-refractivity contribution in [2.75, 3.05) is 0 Å². The fourth-order valence-corrected chi connectivity index (χ4v) is 3.53. The van der Waals surface area contributed by atoms with E-state index in [1.807, 2.05) is 25.1 Å². The Kier molecular flexibility index (Phi) is 5.69. The van der Waals surface area contributed by atoms with E-state index in [9.17, 15) is 9.59 Å². The third-order valence-electron chi connectivity index (χ3n) is 4.89. The van der Waals surface area contributed by atoms with Gasteiger partial charge in [-0.1, -0.05) is 55.5 Å². The lowest BCUT2D eigenvalue weighted by atomic mass is 10.1. The Labute approximate surface area is 148 Å². The summed E-state index contributed by atoms with van der Waals surface area (Å²) in [7, 11) is 0. The van der Waals surface area contributed by atoms with Crippen molar-refractivity contribution < 1.29 is 4.79 Å². The molecule has 0 bridgehead atoms. The second kappa shape index (κ2) is 8.15. The van der Waals surface area contributed by atoms with E-state index in [4.69, 9.17) is 0 Å². The first-order valence-corrected chi connectivity index (χ1v) is 9.19. The Bertz CT molecular complexity index is 786. The molecular weight excluding hydrogens is 312 g/mol. The van der Waals surface area contributed by atoms with Crippen LogP contribution in [0.15, 0.2) is 47.4 Å². The molecule has 1 fully saturated rings. The maximum Gasteiger partial charge on any atom is 0.263 e. The number of nitrogens with zero attached hydrogens (tertiary/aromatic N) is 1. The SMILES string of the molecule is Cc1cccc(Cn2cccc(C(=O)NC3CCCCCC3)c2=O)c1. The summed E-state index contributed by atoms with van der Waals surface area (Å²) >= 11 is 0. The van der Waals surface area contributed by atoms with Crippen LogP contribution in [-0.2, 0) is 6.54 Å². The standard InChI is InChI=1S/C21H26N2O2/c1-16-8-6-9-17(14-16)15-23-13-7-12-19(21(23)25)20(24)22-18-10-4-2-3-5-11-18/h6-9,12-14,18H,2-5,10-11,15H2,1H3,(H,22,24). The van der Waals surface area contributed by atoms with Gasteiger partial charge in [0.2, 0.25) is 0 Å². The first-order chi connectivity index (χ1) is 12.1. The minimum atomic E-state index is -0.240. The summed E-state index contributed by atoms with van der Waals surface area (Å²) in [4.78, 5) is 25.3. The van der Waals surface area contributed by atoms with Gasteiger partial charge >= 0.3 is 0 Å². The lowest BCUT2D eigenvalue weighted by Gasteiger charge is -2.16. The number of carbonyl (C=O) groups is 1. The van der Waals surface area contributed by atoms with Crippen molar-refractivity contribution in [3.63, 3.8) is 0 Å². The third kappa shape index (κ3) is 4.59. The van der Waals surface area contributed by atoms with Gasteiger partial charge in [-0.05, 0) is 37.5 Å². The number of rotatable bonds is 4. The normalized spacial score (nSPS) is 15.6. The molecule has 1 aliphatic carbocycles. The number of amides is 1. The average molecular weight is 338 g/mol. The topological polar surface area (TPSA) is 51.1 Å². The van der Waals surface area contributed by atoms with E-state index in [0.717, 1.165) is 36.8 Å². The molecule has 1 aliphatic rings. The Balaban J connectivity index is 1.76. The Morgan fingerprint density at radius 2 is 1.88 bits per heavy atom. The summed E-state index contributed by atoms with van der Waals surface area (Å²) in [5.74, 6) is -0.240. The molecule has 1 saturated carbocycles. The van der Waals surface area contributed by atoms with E-state index < -0.39 is 0 Å². The van der Waals surface area contributed by atoms with Crippen LogP contribution in [0.25, 0.3) is 0 Å². The third-order valence-corrected chi connectivity index (χ3v) is 4.89. The van der Waals surface area contributed by atoms with Crippen molar-refractivity contribution in [2.45, 2.75) is 58.0 Å². The van der Waals surface area contributed by atoms with Gasteiger partial charge in [0.15, 0.2) is 0 Å². The summed E-state index contributed by atoms with van der Waals surface area (Å²) in [6, 6.07) is 11.7. The molecule has 0 aliphatic heterocycles. The average Bonchev–Trinajstić information content (AvgIpc) is 2.85. The number of pyridine rings is 1. The molecule has 1 aromatic carbocycles. The summed E-state index contributed by atoms with van der Waals surface area (Å²) in [6.45, 7) is 2.51. The highest BCUT2D eigenvalue weighted by Crippen LogP contribution is 2.17. The van der Waals surface area contributed by atoms with Gasteiger partial charge in [-0.15, -0.1) is 0 Å². The van der Waals surface area contributed by atoms with Crippen LogP contribution in [0.1, 0.15) is 60.0 Å². The highest BCUT2D eigenvalue weighted by atomic mass is 16.2. The molecule has 25 heavy (non-hydrogen) atoms. The molecule has 1 amide bonds. The van der Waals surface area contributed by atoms with Crippen LogP contribution in [-0.4, -0.2) is 16.5 Å². The highest BCUT2D eigenvalue weighted by Gasteiger charge is 2.18. The van der Waals surface area contributed by atoms with E-state index in [-0.39, 0.29) is 23.1 Å². The number of aromatic nitrogens is 1. The van der Waals surface area contributed by atoms with Crippen LogP contribution in [0.3, 0.4) is 0 Å². The second-order valence-electron chi connectivity index (χ2n) is 7.01. The summed E-state index contributed by atoms with van der Waals surface area (Å²) in [6.07, 6.45) is 8.54. The van der Waals surface area contributed by atoms with E-state index in [2.05, 4.69) is 11.4 Å². The zero-order valence-electron chi connectivity index (χ0n) is 14.8. The molecule has 1 N–H and O–H groups in total.